The van der Waals surface area contributed by atoms with Gasteiger partial charge in [-0.3, -0.25) is 0 Å². The Kier molecular flexibility index (Phi) is 3.31. The van der Waals surface area contributed by atoms with Gasteiger partial charge in [0.15, 0.2) is 0 Å². The summed E-state index contributed by atoms with van der Waals surface area (Å²) in [7, 11) is 1.70. The van der Waals surface area contributed by atoms with Crippen LogP contribution in [0.3, 0.4) is 0 Å². The second-order valence-electron chi connectivity index (χ2n) is 3.29. The molecule has 0 bridgehead atoms. The van der Waals surface area contributed by atoms with Crippen molar-refractivity contribution in [1.82, 2.24) is 9.78 Å². The van der Waals surface area contributed by atoms with Gasteiger partial charge in [0.2, 0.25) is 0 Å². The summed E-state index contributed by atoms with van der Waals surface area (Å²) in [6.07, 6.45) is 0.932. The van der Waals surface area contributed by atoms with Gasteiger partial charge in [-0.2, -0.15) is 5.10 Å². The molecular weight excluding hydrogens is 166 g/mol. The Hall–Kier alpha value is -1.03. The molecule has 1 heterocycles. The highest BCUT2D eigenvalue weighted by atomic mass is 16.5. The number of anilines is 1. The molecule has 0 spiro atoms. The molecule has 0 aliphatic carbocycles. The minimum atomic E-state index is 0.300. The van der Waals surface area contributed by atoms with Gasteiger partial charge in [-0.15, -0.1) is 0 Å². The molecule has 74 valence electrons. The molecule has 2 N–H and O–H groups in total. The Morgan fingerprint density at radius 2 is 2.38 bits per heavy atom. The third-order valence-electron chi connectivity index (χ3n) is 2.04. The zero-order chi connectivity index (χ0) is 9.84. The van der Waals surface area contributed by atoms with Gasteiger partial charge >= 0.3 is 0 Å². The molecule has 0 saturated carbocycles. The minimum Gasteiger partial charge on any atom is -0.385 e. The van der Waals surface area contributed by atoms with Gasteiger partial charge in [0.1, 0.15) is 5.82 Å². The molecule has 0 aliphatic rings. The fraction of sp³-hybridized carbons (Fsp3) is 0.667. The smallest absolute Gasteiger partial charge is 0.122 e. The lowest BCUT2D eigenvalue weighted by atomic mass is 10.2. The summed E-state index contributed by atoms with van der Waals surface area (Å²) in [5.74, 6) is 0.723. The molecule has 1 atom stereocenters. The summed E-state index contributed by atoms with van der Waals surface area (Å²) >= 11 is 0. The first kappa shape index (κ1) is 10.1. The van der Waals surface area contributed by atoms with Crippen molar-refractivity contribution in [3.05, 3.63) is 11.8 Å². The highest BCUT2D eigenvalue weighted by Gasteiger charge is 2.08. The van der Waals surface area contributed by atoms with Gasteiger partial charge in [-0.25, -0.2) is 4.68 Å². The molecule has 1 aromatic heterocycles. The Morgan fingerprint density at radius 3 is 2.85 bits per heavy atom. The number of ether oxygens (including phenoxy) is 1. The zero-order valence-corrected chi connectivity index (χ0v) is 8.45. The number of nitrogens with two attached hydrogens (primary N) is 1. The first-order chi connectivity index (χ1) is 6.15. The van der Waals surface area contributed by atoms with Crippen LogP contribution in [-0.2, 0) is 4.74 Å². The summed E-state index contributed by atoms with van der Waals surface area (Å²) in [5, 5.41) is 4.30. The van der Waals surface area contributed by atoms with Crippen LogP contribution in [0.4, 0.5) is 5.82 Å². The molecular formula is C9H17N3O. The first-order valence-corrected chi connectivity index (χ1v) is 4.45. The van der Waals surface area contributed by atoms with E-state index in [-0.39, 0.29) is 0 Å². The van der Waals surface area contributed by atoms with E-state index in [1.807, 2.05) is 17.7 Å². The molecule has 0 amide bonds. The van der Waals surface area contributed by atoms with Crippen molar-refractivity contribution in [3.8, 4) is 0 Å². The zero-order valence-electron chi connectivity index (χ0n) is 8.45. The Labute approximate surface area is 78.7 Å². The normalized spacial score (nSPS) is 13.2. The minimum absolute atomic E-state index is 0.300. The molecule has 13 heavy (non-hydrogen) atoms. The van der Waals surface area contributed by atoms with Crippen molar-refractivity contribution < 1.29 is 4.74 Å². The summed E-state index contributed by atoms with van der Waals surface area (Å²) in [6, 6.07) is 2.18. The lowest BCUT2D eigenvalue weighted by Gasteiger charge is -2.12. The number of aromatic nitrogens is 2. The SMILES string of the molecule is COCCC(C)n1nc(C)cc1N. The molecule has 0 aliphatic heterocycles. The largest absolute Gasteiger partial charge is 0.385 e. The van der Waals surface area contributed by atoms with Crippen LogP contribution < -0.4 is 5.73 Å². The number of nitrogens with zero attached hydrogens (tertiary/aromatic N) is 2. The maximum absolute atomic E-state index is 5.77. The summed E-state index contributed by atoms with van der Waals surface area (Å²) in [5.41, 5.74) is 6.73. The van der Waals surface area contributed by atoms with Crippen molar-refractivity contribution in [2.45, 2.75) is 26.3 Å². The Bertz CT molecular complexity index is 270. The molecule has 0 saturated heterocycles. The summed E-state index contributed by atoms with van der Waals surface area (Å²) < 4.78 is 6.84. The predicted molar refractivity (Wildman–Crippen MR) is 52.6 cm³/mol. The van der Waals surface area contributed by atoms with E-state index in [2.05, 4.69) is 12.0 Å². The van der Waals surface area contributed by atoms with Gasteiger partial charge in [-0.1, -0.05) is 0 Å². The van der Waals surface area contributed by atoms with E-state index >= 15 is 0 Å². The predicted octanol–water partition coefficient (Wildman–Crippen LogP) is 1.37. The van der Waals surface area contributed by atoms with Crippen LogP contribution in [0.1, 0.15) is 25.1 Å². The maximum atomic E-state index is 5.77. The monoisotopic (exact) mass is 183 g/mol. The van der Waals surface area contributed by atoms with Crippen molar-refractivity contribution >= 4 is 5.82 Å². The van der Waals surface area contributed by atoms with Crippen LogP contribution in [0.25, 0.3) is 0 Å². The molecule has 1 rings (SSSR count). The van der Waals surface area contributed by atoms with Crippen molar-refractivity contribution in [1.29, 1.82) is 0 Å². The molecule has 0 radical (unpaired) electrons. The third-order valence-corrected chi connectivity index (χ3v) is 2.04. The number of rotatable bonds is 4. The van der Waals surface area contributed by atoms with E-state index in [1.54, 1.807) is 7.11 Å². The van der Waals surface area contributed by atoms with E-state index in [1.165, 1.54) is 0 Å². The average molecular weight is 183 g/mol. The number of hydrogen-bond donors (Lipinski definition) is 1. The average Bonchev–Trinajstić information content (AvgIpc) is 2.41. The van der Waals surface area contributed by atoms with E-state index in [0.29, 0.717) is 6.04 Å². The molecule has 0 aromatic carbocycles. The van der Waals surface area contributed by atoms with Crippen LogP contribution >= 0.6 is 0 Å². The van der Waals surface area contributed by atoms with Crippen molar-refractivity contribution in [3.63, 3.8) is 0 Å². The quantitative estimate of drug-likeness (QED) is 0.767. The van der Waals surface area contributed by atoms with Gasteiger partial charge in [0.25, 0.3) is 0 Å². The van der Waals surface area contributed by atoms with Crippen LogP contribution in [0.5, 0.6) is 0 Å². The number of nitrogen functional groups attached to an aromatic ring is 1. The molecule has 1 aromatic rings. The Morgan fingerprint density at radius 1 is 1.69 bits per heavy atom. The van der Waals surface area contributed by atoms with E-state index in [9.17, 15) is 0 Å². The second kappa shape index (κ2) is 4.28. The highest BCUT2D eigenvalue weighted by molar-refractivity contribution is 5.30. The molecule has 1 unspecified atom stereocenters. The standard InChI is InChI=1S/C9H17N3O/c1-7-6-9(10)12(11-7)8(2)4-5-13-3/h6,8H,4-5,10H2,1-3H3. The van der Waals surface area contributed by atoms with Gasteiger partial charge in [0.05, 0.1) is 11.7 Å². The lowest BCUT2D eigenvalue weighted by molar-refractivity contribution is 0.179. The van der Waals surface area contributed by atoms with Crippen molar-refractivity contribution in [2.24, 2.45) is 0 Å². The van der Waals surface area contributed by atoms with Crippen LogP contribution in [0, 0.1) is 6.92 Å². The van der Waals surface area contributed by atoms with Crippen LogP contribution in [0.15, 0.2) is 6.07 Å². The van der Waals surface area contributed by atoms with Gasteiger partial charge in [-0.05, 0) is 20.3 Å². The van der Waals surface area contributed by atoms with Gasteiger partial charge in [0, 0.05) is 19.8 Å². The summed E-state index contributed by atoms with van der Waals surface area (Å²) in [4.78, 5) is 0. The number of aryl methyl sites for hydroxylation is 1. The number of hydrogen-bond acceptors (Lipinski definition) is 3. The van der Waals surface area contributed by atoms with E-state index < -0.39 is 0 Å². The van der Waals surface area contributed by atoms with E-state index in [4.69, 9.17) is 10.5 Å². The topological polar surface area (TPSA) is 53.1 Å². The Balaban J connectivity index is 2.64. The third kappa shape index (κ3) is 2.45. The maximum Gasteiger partial charge on any atom is 0.122 e. The molecule has 4 nitrogen and oxygen atoms in total. The van der Waals surface area contributed by atoms with Gasteiger partial charge < -0.3 is 10.5 Å². The second-order valence-corrected chi connectivity index (χ2v) is 3.29. The fourth-order valence-electron chi connectivity index (χ4n) is 1.30. The molecule has 4 heteroatoms. The first-order valence-electron chi connectivity index (χ1n) is 4.45. The lowest BCUT2D eigenvalue weighted by Crippen LogP contribution is -2.12. The van der Waals surface area contributed by atoms with Crippen LogP contribution in [0.2, 0.25) is 0 Å². The van der Waals surface area contributed by atoms with Crippen LogP contribution in [-0.4, -0.2) is 23.5 Å². The van der Waals surface area contributed by atoms with E-state index in [0.717, 1.165) is 24.5 Å². The number of methoxy groups -OCH3 is 1. The van der Waals surface area contributed by atoms with Crippen molar-refractivity contribution in [2.75, 3.05) is 19.5 Å². The highest BCUT2D eigenvalue weighted by Crippen LogP contribution is 2.15. The fourth-order valence-corrected chi connectivity index (χ4v) is 1.30. The molecule has 0 fully saturated rings. The summed E-state index contributed by atoms with van der Waals surface area (Å²) in [6.45, 7) is 4.76.